The Balaban J connectivity index is 4.94. The molecule has 0 heterocycles. The van der Waals surface area contributed by atoms with E-state index in [4.69, 9.17) is 0 Å². The van der Waals surface area contributed by atoms with E-state index in [0.29, 0.717) is 0 Å². The molecule has 0 aromatic carbocycles. The van der Waals surface area contributed by atoms with Crippen LogP contribution in [0.15, 0.2) is 0 Å². The molecular weight excluding hydrogens is 170 g/mol. The van der Waals surface area contributed by atoms with Crippen LogP contribution in [-0.4, -0.2) is 26.0 Å². The van der Waals surface area contributed by atoms with Crippen LogP contribution in [0.25, 0.3) is 0 Å². The summed E-state index contributed by atoms with van der Waals surface area (Å²) in [5.41, 5.74) is -1.09. The van der Waals surface area contributed by atoms with Crippen molar-refractivity contribution in [1.29, 1.82) is 0 Å². The lowest BCUT2D eigenvalue weighted by molar-refractivity contribution is -0.160. The summed E-state index contributed by atoms with van der Waals surface area (Å²) in [5, 5.41) is 2.46. The number of esters is 1. The fraction of sp³-hybridized carbons (Fsp3) is 0.778. The average Bonchev–Trinajstić information content (AvgIpc) is 2.13. The van der Waals surface area contributed by atoms with Crippen molar-refractivity contribution in [3.63, 3.8) is 0 Å². The Morgan fingerprint density at radius 2 is 1.85 bits per heavy atom. The third-order valence-electron chi connectivity index (χ3n) is 2.46. The molecule has 0 fully saturated rings. The third kappa shape index (κ3) is 1.99. The molecule has 0 saturated carbocycles. The molecule has 1 amide bonds. The number of carbonyl (C=O) groups excluding carboxylic acids is 2. The molecule has 0 unspecified atom stereocenters. The topological polar surface area (TPSA) is 55.4 Å². The molecule has 0 spiro atoms. The molecule has 4 nitrogen and oxygen atoms in total. The molecule has 0 bridgehead atoms. The molecule has 0 aromatic rings. The summed E-state index contributed by atoms with van der Waals surface area (Å²) in [4.78, 5) is 22.9. The van der Waals surface area contributed by atoms with E-state index in [1.165, 1.54) is 14.2 Å². The molecule has 4 heteroatoms. The van der Waals surface area contributed by atoms with Gasteiger partial charge in [0.15, 0.2) is 0 Å². The molecule has 0 saturated heterocycles. The van der Waals surface area contributed by atoms with Crippen molar-refractivity contribution in [2.75, 3.05) is 14.2 Å². The van der Waals surface area contributed by atoms with Gasteiger partial charge in [0, 0.05) is 7.05 Å². The van der Waals surface area contributed by atoms with E-state index < -0.39 is 11.4 Å². The fourth-order valence-corrected chi connectivity index (χ4v) is 1.06. The highest BCUT2D eigenvalue weighted by Gasteiger charge is 2.44. The van der Waals surface area contributed by atoms with E-state index in [0.717, 1.165) is 0 Å². The second kappa shape index (κ2) is 4.25. The molecular formula is C9H17NO3. The summed E-state index contributed by atoms with van der Waals surface area (Å²) in [6, 6.07) is 0. The van der Waals surface area contributed by atoms with Gasteiger partial charge in [-0.05, 0) is 12.8 Å². The normalized spacial score (nSPS) is 14.9. The zero-order chi connectivity index (χ0) is 10.6. The zero-order valence-electron chi connectivity index (χ0n) is 8.80. The molecule has 0 aliphatic heterocycles. The van der Waals surface area contributed by atoms with Crippen molar-refractivity contribution in [3.05, 3.63) is 0 Å². The van der Waals surface area contributed by atoms with Crippen LogP contribution >= 0.6 is 0 Å². The number of nitrogens with one attached hydrogen (secondary N) is 1. The van der Waals surface area contributed by atoms with E-state index >= 15 is 0 Å². The summed E-state index contributed by atoms with van der Waals surface area (Å²) in [7, 11) is 2.79. The van der Waals surface area contributed by atoms with Crippen LogP contribution in [0, 0.1) is 11.3 Å². The van der Waals surface area contributed by atoms with E-state index in [1.807, 2.05) is 13.8 Å². The maximum Gasteiger partial charge on any atom is 0.321 e. The lowest BCUT2D eigenvalue weighted by atomic mass is 9.78. The van der Waals surface area contributed by atoms with E-state index in [1.54, 1.807) is 6.92 Å². The summed E-state index contributed by atoms with van der Waals surface area (Å²) in [5.74, 6) is -0.906. The van der Waals surface area contributed by atoms with E-state index in [9.17, 15) is 9.59 Å². The lowest BCUT2D eigenvalue weighted by Gasteiger charge is -2.28. The largest absolute Gasteiger partial charge is 0.468 e. The van der Waals surface area contributed by atoms with Gasteiger partial charge in [-0.1, -0.05) is 13.8 Å². The van der Waals surface area contributed by atoms with Gasteiger partial charge in [0.25, 0.3) is 0 Å². The minimum absolute atomic E-state index is 0.0973. The average molecular weight is 187 g/mol. The van der Waals surface area contributed by atoms with Crippen LogP contribution in [0.3, 0.4) is 0 Å². The molecule has 0 rings (SSSR count). The van der Waals surface area contributed by atoms with Crippen LogP contribution in [0.1, 0.15) is 20.8 Å². The summed E-state index contributed by atoms with van der Waals surface area (Å²) in [6.07, 6.45) is 0. The number of methoxy groups -OCH3 is 1. The molecule has 1 atom stereocenters. The van der Waals surface area contributed by atoms with Gasteiger partial charge in [-0.3, -0.25) is 9.59 Å². The Morgan fingerprint density at radius 1 is 1.38 bits per heavy atom. The van der Waals surface area contributed by atoms with Crippen LogP contribution in [-0.2, 0) is 14.3 Å². The first-order chi connectivity index (χ1) is 5.91. The standard InChI is InChI=1S/C9H17NO3/c1-6(2)9(3,7(11)10-4)8(12)13-5/h6H,1-5H3,(H,10,11)/t9-/m0/s1. The van der Waals surface area contributed by atoms with Crippen molar-refractivity contribution in [2.45, 2.75) is 20.8 Å². The molecule has 76 valence electrons. The van der Waals surface area contributed by atoms with Crippen molar-refractivity contribution < 1.29 is 14.3 Å². The lowest BCUT2D eigenvalue weighted by Crippen LogP contribution is -2.47. The van der Waals surface area contributed by atoms with Gasteiger partial charge in [-0.2, -0.15) is 0 Å². The first kappa shape index (κ1) is 11.9. The quantitative estimate of drug-likeness (QED) is 0.519. The predicted octanol–water partition coefficient (Wildman–Crippen LogP) is 0.568. The van der Waals surface area contributed by atoms with Gasteiger partial charge in [-0.25, -0.2) is 0 Å². The van der Waals surface area contributed by atoms with Crippen molar-refractivity contribution in [2.24, 2.45) is 11.3 Å². The van der Waals surface area contributed by atoms with Gasteiger partial charge >= 0.3 is 5.97 Å². The number of ether oxygens (including phenoxy) is 1. The highest BCUT2D eigenvalue weighted by molar-refractivity contribution is 6.02. The van der Waals surface area contributed by atoms with Gasteiger partial charge in [0.1, 0.15) is 5.41 Å². The monoisotopic (exact) mass is 187 g/mol. The second-order valence-electron chi connectivity index (χ2n) is 3.43. The van der Waals surface area contributed by atoms with Crippen LogP contribution in [0.2, 0.25) is 0 Å². The molecule has 13 heavy (non-hydrogen) atoms. The molecule has 0 aromatic heterocycles. The molecule has 1 N–H and O–H groups in total. The highest BCUT2D eigenvalue weighted by Crippen LogP contribution is 2.28. The molecule has 0 radical (unpaired) electrons. The Labute approximate surface area is 78.6 Å². The van der Waals surface area contributed by atoms with E-state index in [2.05, 4.69) is 10.1 Å². The predicted molar refractivity (Wildman–Crippen MR) is 49.0 cm³/mol. The zero-order valence-corrected chi connectivity index (χ0v) is 8.80. The second-order valence-corrected chi connectivity index (χ2v) is 3.43. The van der Waals surface area contributed by atoms with Crippen molar-refractivity contribution >= 4 is 11.9 Å². The fourth-order valence-electron chi connectivity index (χ4n) is 1.06. The Hall–Kier alpha value is -1.06. The maximum absolute atomic E-state index is 11.5. The number of hydrogen-bond donors (Lipinski definition) is 1. The van der Waals surface area contributed by atoms with Gasteiger partial charge in [-0.15, -0.1) is 0 Å². The van der Waals surface area contributed by atoms with Crippen LogP contribution < -0.4 is 5.32 Å². The number of hydrogen-bond acceptors (Lipinski definition) is 3. The third-order valence-corrected chi connectivity index (χ3v) is 2.46. The minimum Gasteiger partial charge on any atom is -0.468 e. The summed E-state index contributed by atoms with van der Waals surface area (Å²) >= 11 is 0. The highest BCUT2D eigenvalue weighted by atomic mass is 16.5. The smallest absolute Gasteiger partial charge is 0.321 e. The Kier molecular flexibility index (Phi) is 3.91. The number of rotatable bonds is 3. The maximum atomic E-state index is 11.5. The summed E-state index contributed by atoms with van der Waals surface area (Å²) in [6.45, 7) is 5.21. The first-order valence-corrected chi connectivity index (χ1v) is 4.21. The van der Waals surface area contributed by atoms with Gasteiger partial charge in [0.2, 0.25) is 5.91 Å². The SMILES string of the molecule is CNC(=O)[C@@](C)(C(=O)OC)C(C)C. The van der Waals surface area contributed by atoms with Gasteiger partial charge in [0.05, 0.1) is 7.11 Å². The Bertz CT molecular complexity index is 195. The minimum atomic E-state index is -1.09. The number of carbonyl (C=O) groups is 2. The van der Waals surface area contributed by atoms with Gasteiger partial charge < -0.3 is 10.1 Å². The van der Waals surface area contributed by atoms with E-state index in [-0.39, 0.29) is 11.8 Å². The first-order valence-electron chi connectivity index (χ1n) is 4.21. The van der Waals surface area contributed by atoms with Crippen LogP contribution in [0.5, 0.6) is 0 Å². The Morgan fingerprint density at radius 3 is 2.08 bits per heavy atom. The van der Waals surface area contributed by atoms with Crippen molar-refractivity contribution in [1.82, 2.24) is 5.32 Å². The van der Waals surface area contributed by atoms with Crippen LogP contribution in [0.4, 0.5) is 0 Å². The molecule has 0 aliphatic carbocycles. The molecule has 0 aliphatic rings. The summed E-state index contributed by atoms with van der Waals surface area (Å²) < 4.78 is 4.60. The number of amides is 1. The van der Waals surface area contributed by atoms with Crippen molar-refractivity contribution in [3.8, 4) is 0 Å².